The largest absolute Gasteiger partial charge is 0.329 e. The Morgan fingerprint density at radius 3 is 2.00 bits per heavy atom. The number of amides is 1. The Morgan fingerprint density at radius 1 is 0.733 bits per heavy atom. The topological polar surface area (TPSA) is 33.2 Å². The van der Waals surface area contributed by atoms with Crippen molar-refractivity contribution in [1.29, 1.82) is 0 Å². The summed E-state index contributed by atoms with van der Waals surface area (Å²) in [6, 6.07) is 32.4. The molecule has 0 atom stereocenters. The van der Waals surface area contributed by atoms with E-state index in [2.05, 4.69) is 36.4 Å². The minimum atomic E-state index is 0.0368. The number of carbonyl (C=O) groups excluding carboxylic acids is 1. The minimum absolute atomic E-state index is 0.0368. The number of hydrogen-bond acceptors (Lipinski definition) is 3. The molecule has 0 saturated carbocycles. The summed E-state index contributed by atoms with van der Waals surface area (Å²) in [7, 11) is 0. The molecule has 0 spiro atoms. The average Bonchev–Trinajstić information content (AvgIpc) is 3.21. The molecule has 3 aromatic carbocycles. The number of para-hydroxylation sites is 1. The van der Waals surface area contributed by atoms with E-state index in [1.54, 1.807) is 0 Å². The lowest BCUT2D eigenvalue weighted by Crippen LogP contribution is -2.29. The Labute approximate surface area is 179 Å². The van der Waals surface area contributed by atoms with Crippen molar-refractivity contribution in [1.82, 2.24) is 9.88 Å². The summed E-state index contributed by atoms with van der Waals surface area (Å²) in [5.74, 6) is 0.0368. The molecule has 4 heteroatoms. The van der Waals surface area contributed by atoms with E-state index in [-0.39, 0.29) is 5.91 Å². The van der Waals surface area contributed by atoms with Gasteiger partial charge in [-0.2, -0.15) is 0 Å². The molecule has 5 rings (SSSR count). The summed E-state index contributed by atoms with van der Waals surface area (Å²) in [6.07, 6.45) is 0. The lowest BCUT2D eigenvalue weighted by molar-refractivity contribution is 0.0735. The fourth-order valence-corrected chi connectivity index (χ4v) is 4.63. The van der Waals surface area contributed by atoms with Crippen molar-refractivity contribution in [2.45, 2.75) is 13.1 Å². The maximum Gasteiger partial charge on any atom is 0.264 e. The molecular formula is C26H20N2OS. The molecule has 0 radical (unpaired) electrons. The van der Waals surface area contributed by atoms with E-state index in [4.69, 9.17) is 4.98 Å². The number of carbonyl (C=O) groups is 1. The van der Waals surface area contributed by atoms with Crippen LogP contribution < -0.4 is 0 Å². The molecular weight excluding hydrogens is 388 g/mol. The van der Waals surface area contributed by atoms with Gasteiger partial charge in [-0.1, -0.05) is 78.9 Å². The van der Waals surface area contributed by atoms with Crippen LogP contribution >= 0.6 is 11.3 Å². The second-order valence-electron chi connectivity index (χ2n) is 7.32. The van der Waals surface area contributed by atoms with Crippen molar-refractivity contribution in [2.75, 3.05) is 0 Å². The molecule has 1 amide bonds. The Kier molecular flexibility index (Phi) is 4.99. The Bertz CT molecular complexity index is 1220. The zero-order valence-corrected chi connectivity index (χ0v) is 17.2. The summed E-state index contributed by atoms with van der Waals surface area (Å²) in [4.78, 5) is 21.8. The first-order valence-electron chi connectivity index (χ1n) is 9.93. The van der Waals surface area contributed by atoms with Crippen LogP contribution in [0.3, 0.4) is 0 Å². The van der Waals surface area contributed by atoms with E-state index in [1.807, 2.05) is 65.6 Å². The summed E-state index contributed by atoms with van der Waals surface area (Å²) in [6.45, 7) is 1.14. The Balaban J connectivity index is 1.50. The second kappa shape index (κ2) is 8.09. The number of nitrogens with zero attached hydrogens (tertiary/aromatic N) is 2. The maximum atomic E-state index is 13.5. The van der Waals surface area contributed by atoms with Crippen molar-refractivity contribution in [3.05, 3.63) is 113 Å². The molecule has 0 N–H and O–H groups in total. The van der Waals surface area contributed by atoms with Gasteiger partial charge in [0.05, 0.1) is 10.4 Å². The van der Waals surface area contributed by atoms with Crippen LogP contribution in [-0.2, 0) is 13.1 Å². The van der Waals surface area contributed by atoms with Gasteiger partial charge >= 0.3 is 0 Å². The van der Waals surface area contributed by atoms with Crippen molar-refractivity contribution >= 4 is 38.4 Å². The Hall–Kier alpha value is -3.50. The van der Waals surface area contributed by atoms with Gasteiger partial charge in [-0.05, 0) is 29.3 Å². The normalized spacial score (nSPS) is 11.1. The van der Waals surface area contributed by atoms with Crippen LogP contribution in [0, 0.1) is 0 Å². The molecule has 0 bridgehead atoms. The van der Waals surface area contributed by atoms with Gasteiger partial charge in [0.1, 0.15) is 4.83 Å². The lowest BCUT2D eigenvalue weighted by atomic mass is 10.1. The fourth-order valence-electron chi connectivity index (χ4n) is 3.64. The van der Waals surface area contributed by atoms with E-state index in [0.717, 1.165) is 37.1 Å². The average molecular weight is 409 g/mol. The van der Waals surface area contributed by atoms with Gasteiger partial charge in [0.2, 0.25) is 0 Å². The first-order valence-corrected chi connectivity index (χ1v) is 10.7. The lowest BCUT2D eigenvalue weighted by Gasteiger charge is -2.22. The molecule has 0 unspecified atom stereocenters. The van der Waals surface area contributed by atoms with Gasteiger partial charge in [-0.15, -0.1) is 11.3 Å². The van der Waals surface area contributed by atoms with E-state index in [0.29, 0.717) is 13.1 Å². The first kappa shape index (κ1) is 18.5. The number of pyridine rings is 1. The molecule has 5 aromatic rings. The van der Waals surface area contributed by atoms with Gasteiger partial charge in [-0.25, -0.2) is 4.98 Å². The highest BCUT2D eigenvalue weighted by atomic mass is 32.1. The number of fused-ring (bicyclic) bond motifs is 2. The van der Waals surface area contributed by atoms with Crippen LogP contribution in [0.5, 0.6) is 0 Å². The highest BCUT2D eigenvalue weighted by Gasteiger charge is 2.20. The van der Waals surface area contributed by atoms with E-state index in [9.17, 15) is 4.79 Å². The SMILES string of the molecule is O=C(c1cc2cc3ccccc3nc2s1)N(Cc1ccccc1)Cc1ccccc1. The molecule has 2 aromatic heterocycles. The molecule has 30 heavy (non-hydrogen) atoms. The molecule has 2 heterocycles. The summed E-state index contributed by atoms with van der Waals surface area (Å²) < 4.78 is 0. The van der Waals surface area contributed by atoms with Crippen molar-refractivity contribution in [3.8, 4) is 0 Å². The van der Waals surface area contributed by atoms with E-state index >= 15 is 0 Å². The predicted molar refractivity (Wildman–Crippen MR) is 124 cm³/mol. The number of rotatable bonds is 5. The quantitative estimate of drug-likeness (QED) is 0.342. The number of hydrogen-bond donors (Lipinski definition) is 0. The Morgan fingerprint density at radius 2 is 1.33 bits per heavy atom. The van der Waals surface area contributed by atoms with Crippen LogP contribution in [-0.4, -0.2) is 15.8 Å². The molecule has 3 nitrogen and oxygen atoms in total. The summed E-state index contributed by atoms with van der Waals surface area (Å²) in [5.41, 5.74) is 3.19. The van der Waals surface area contributed by atoms with Gasteiger partial charge in [0.25, 0.3) is 5.91 Å². The van der Waals surface area contributed by atoms with Crippen LogP contribution in [0.1, 0.15) is 20.8 Å². The van der Waals surface area contributed by atoms with Gasteiger partial charge in [0.15, 0.2) is 0 Å². The number of aromatic nitrogens is 1. The van der Waals surface area contributed by atoms with Crippen molar-refractivity contribution in [2.24, 2.45) is 0 Å². The van der Waals surface area contributed by atoms with Crippen LogP contribution in [0.2, 0.25) is 0 Å². The molecule has 0 aliphatic carbocycles. The minimum Gasteiger partial charge on any atom is -0.329 e. The zero-order chi connectivity index (χ0) is 20.3. The third-order valence-electron chi connectivity index (χ3n) is 5.14. The molecule has 0 fully saturated rings. The van der Waals surface area contributed by atoms with Crippen molar-refractivity contribution < 1.29 is 4.79 Å². The monoisotopic (exact) mass is 408 g/mol. The standard InChI is InChI=1S/C26H20N2OS/c29-26(24-16-22-15-21-13-7-8-14-23(21)27-25(22)30-24)28(17-19-9-3-1-4-10-19)18-20-11-5-2-6-12-20/h1-16H,17-18H2. The molecule has 146 valence electrons. The first-order chi connectivity index (χ1) is 14.8. The second-order valence-corrected chi connectivity index (χ2v) is 8.35. The summed E-state index contributed by atoms with van der Waals surface area (Å²) >= 11 is 1.47. The number of thiophene rings is 1. The van der Waals surface area contributed by atoms with Gasteiger partial charge in [0, 0.05) is 23.9 Å². The maximum absolute atomic E-state index is 13.5. The van der Waals surface area contributed by atoms with E-state index in [1.165, 1.54) is 11.3 Å². The van der Waals surface area contributed by atoms with E-state index < -0.39 is 0 Å². The van der Waals surface area contributed by atoms with Crippen LogP contribution in [0.4, 0.5) is 0 Å². The predicted octanol–water partition coefficient (Wildman–Crippen LogP) is 6.29. The number of benzene rings is 3. The van der Waals surface area contributed by atoms with Gasteiger partial charge in [-0.3, -0.25) is 4.79 Å². The van der Waals surface area contributed by atoms with Crippen molar-refractivity contribution in [3.63, 3.8) is 0 Å². The van der Waals surface area contributed by atoms with Gasteiger partial charge < -0.3 is 4.90 Å². The third kappa shape index (κ3) is 3.82. The highest BCUT2D eigenvalue weighted by Crippen LogP contribution is 2.29. The molecule has 0 saturated heterocycles. The molecule has 0 aliphatic heterocycles. The fraction of sp³-hybridized carbons (Fsp3) is 0.0769. The summed E-state index contributed by atoms with van der Waals surface area (Å²) in [5, 5.41) is 2.11. The molecule has 0 aliphatic rings. The highest BCUT2D eigenvalue weighted by molar-refractivity contribution is 7.20. The zero-order valence-electron chi connectivity index (χ0n) is 16.4. The van der Waals surface area contributed by atoms with Crippen LogP contribution in [0.15, 0.2) is 97.1 Å². The van der Waals surface area contributed by atoms with Crippen LogP contribution in [0.25, 0.3) is 21.1 Å². The smallest absolute Gasteiger partial charge is 0.264 e. The third-order valence-corrected chi connectivity index (χ3v) is 6.17.